The third-order valence-corrected chi connectivity index (χ3v) is 4.22. The van der Waals surface area contributed by atoms with Gasteiger partial charge in [-0.1, -0.05) is 0 Å². The number of imide groups is 2. The van der Waals surface area contributed by atoms with Gasteiger partial charge in [0.25, 0.3) is 11.8 Å². The number of nitrogens with zero attached hydrogens (tertiary/aromatic N) is 3. The van der Waals surface area contributed by atoms with Crippen molar-refractivity contribution in [2.24, 2.45) is 0 Å². The fourth-order valence-corrected chi connectivity index (χ4v) is 2.89. The molecule has 8 heteroatoms. The van der Waals surface area contributed by atoms with Crippen LogP contribution in [0.2, 0.25) is 0 Å². The van der Waals surface area contributed by atoms with Gasteiger partial charge in [0.1, 0.15) is 11.3 Å². The number of benzene rings is 1. The van der Waals surface area contributed by atoms with E-state index in [-0.39, 0.29) is 11.3 Å². The molecule has 0 unspecified atom stereocenters. The number of urea groups is 1. The average molecular weight is 374 g/mol. The van der Waals surface area contributed by atoms with Crippen molar-refractivity contribution >= 4 is 29.6 Å². The molecule has 1 aliphatic heterocycles. The molecule has 1 saturated heterocycles. The SMILES string of the molecule is O=C1NC(=O)N(c2ccncc2)C(=O)/C1=C/c1cccn1-c1ccc(O)cc1. The molecule has 3 aromatic rings. The van der Waals surface area contributed by atoms with Crippen molar-refractivity contribution in [1.29, 1.82) is 0 Å². The van der Waals surface area contributed by atoms with Crippen molar-refractivity contribution in [3.63, 3.8) is 0 Å². The minimum atomic E-state index is -0.813. The highest BCUT2D eigenvalue weighted by Crippen LogP contribution is 2.23. The van der Waals surface area contributed by atoms with Crippen LogP contribution in [0.1, 0.15) is 5.69 Å². The van der Waals surface area contributed by atoms with Crippen molar-refractivity contribution in [3.05, 3.63) is 78.4 Å². The number of aromatic nitrogens is 2. The smallest absolute Gasteiger partial charge is 0.335 e. The number of carbonyl (C=O) groups is 3. The van der Waals surface area contributed by atoms with Gasteiger partial charge in [-0.05, 0) is 54.6 Å². The summed E-state index contributed by atoms with van der Waals surface area (Å²) in [5.74, 6) is -1.36. The number of aromatic hydroxyl groups is 1. The maximum absolute atomic E-state index is 12.9. The molecule has 2 aromatic heterocycles. The summed E-state index contributed by atoms with van der Waals surface area (Å²) in [6, 6.07) is 12.2. The maximum Gasteiger partial charge on any atom is 0.335 e. The Kier molecular flexibility index (Phi) is 4.21. The first-order chi connectivity index (χ1) is 13.5. The van der Waals surface area contributed by atoms with Crippen LogP contribution in [0, 0.1) is 0 Å². The Bertz CT molecular complexity index is 1100. The van der Waals surface area contributed by atoms with Crippen molar-refractivity contribution in [1.82, 2.24) is 14.9 Å². The van der Waals surface area contributed by atoms with Crippen LogP contribution in [0.3, 0.4) is 0 Å². The van der Waals surface area contributed by atoms with Gasteiger partial charge in [-0.15, -0.1) is 0 Å². The molecule has 1 aromatic carbocycles. The van der Waals surface area contributed by atoms with Crippen molar-refractivity contribution < 1.29 is 19.5 Å². The lowest BCUT2D eigenvalue weighted by Crippen LogP contribution is -2.54. The molecular formula is C20H14N4O4. The van der Waals surface area contributed by atoms with E-state index in [0.717, 1.165) is 10.6 Å². The van der Waals surface area contributed by atoms with E-state index in [4.69, 9.17) is 0 Å². The summed E-state index contributed by atoms with van der Waals surface area (Å²) in [6.07, 6.45) is 6.08. The van der Waals surface area contributed by atoms with Crippen LogP contribution in [0.25, 0.3) is 11.8 Å². The van der Waals surface area contributed by atoms with E-state index in [2.05, 4.69) is 10.3 Å². The van der Waals surface area contributed by atoms with E-state index < -0.39 is 17.8 Å². The quantitative estimate of drug-likeness (QED) is 0.540. The normalized spacial score (nSPS) is 15.8. The molecular weight excluding hydrogens is 360 g/mol. The fourth-order valence-electron chi connectivity index (χ4n) is 2.89. The molecule has 28 heavy (non-hydrogen) atoms. The summed E-state index contributed by atoms with van der Waals surface area (Å²) < 4.78 is 1.75. The Labute approximate surface area is 159 Å². The lowest BCUT2D eigenvalue weighted by molar-refractivity contribution is -0.122. The molecule has 3 heterocycles. The maximum atomic E-state index is 12.9. The number of carbonyl (C=O) groups excluding carboxylic acids is 3. The second-order valence-corrected chi connectivity index (χ2v) is 5.98. The number of hydrogen-bond acceptors (Lipinski definition) is 5. The van der Waals surface area contributed by atoms with E-state index in [9.17, 15) is 19.5 Å². The summed E-state index contributed by atoms with van der Waals surface area (Å²) in [5, 5.41) is 11.6. The van der Waals surface area contributed by atoms with Crippen LogP contribution >= 0.6 is 0 Å². The van der Waals surface area contributed by atoms with Gasteiger partial charge in [0.15, 0.2) is 0 Å². The molecule has 0 bridgehead atoms. The second-order valence-electron chi connectivity index (χ2n) is 5.98. The monoisotopic (exact) mass is 374 g/mol. The standard InChI is InChI=1S/C20H14N4O4/c25-16-5-3-13(4-6-16)23-11-1-2-15(23)12-17-18(26)22-20(28)24(19(17)27)14-7-9-21-10-8-14/h1-12,25H,(H,22,26,28)/b17-12+. The minimum Gasteiger partial charge on any atom is -0.508 e. The molecule has 0 spiro atoms. The summed E-state index contributed by atoms with van der Waals surface area (Å²) in [7, 11) is 0. The van der Waals surface area contributed by atoms with Gasteiger partial charge in [-0.3, -0.25) is 19.9 Å². The van der Waals surface area contributed by atoms with Gasteiger partial charge in [0, 0.05) is 30.0 Å². The molecule has 4 rings (SSSR count). The van der Waals surface area contributed by atoms with Gasteiger partial charge in [-0.25, -0.2) is 9.69 Å². The van der Waals surface area contributed by atoms with Crippen LogP contribution < -0.4 is 10.2 Å². The van der Waals surface area contributed by atoms with Gasteiger partial charge < -0.3 is 9.67 Å². The van der Waals surface area contributed by atoms with E-state index in [0.29, 0.717) is 11.4 Å². The predicted octanol–water partition coefficient (Wildman–Crippen LogP) is 2.24. The Hall–Kier alpha value is -4.20. The summed E-state index contributed by atoms with van der Waals surface area (Å²) in [6.45, 7) is 0. The highest BCUT2D eigenvalue weighted by molar-refractivity contribution is 6.39. The summed E-state index contributed by atoms with van der Waals surface area (Å²) in [5.41, 5.74) is 1.44. The molecule has 1 aliphatic rings. The predicted molar refractivity (Wildman–Crippen MR) is 101 cm³/mol. The third-order valence-electron chi connectivity index (χ3n) is 4.22. The molecule has 0 saturated carbocycles. The van der Waals surface area contributed by atoms with Crippen LogP contribution in [0.15, 0.2) is 72.7 Å². The van der Waals surface area contributed by atoms with Gasteiger partial charge in [0.05, 0.1) is 5.69 Å². The lowest BCUT2D eigenvalue weighted by atomic mass is 10.1. The highest BCUT2D eigenvalue weighted by Gasteiger charge is 2.36. The zero-order chi connectivity index (χ0) is 19.7. The third kappa shape index (κ3) is 3.03. The van der Waals surface area contributed by atoms with E-state index in [1.165, 1.54) is 42.7 Å². The number of amides is 4. The summed E-state index contributed by atoms with van der Waals surface area (Å²) >= 11 is 0. The molecule has 0 radical (unpaired) electrons. The van der Waals surface area contributed by atoms with Crippen LogP contribution in [0.4, 0.5) is 10.5 Å². The molecule has 0 aliphatic carbocycles. The zero-order valence-corrected chi connectivity index (χ0v) is 14.4. The molecule has 0 atom stereocenters. The molecule has 4 amide bonds. The van der Waals surface area contributed by atoms with Gasteiger partial charge in [-0.2, -0.15) is 0 Å². The first kappa shape index (κ1) is 17.2. The highest BCUT2D eigenvalue weighted by atomic mass is 16.3. The Balaban J connectivity index is 1.74. The minimum absolute atomic E-state index is 0.129. The number of nitrogens with one attached hydrogen (secondary N) is 1. The number of phenols is 1. The van der Waals surface area contributed by atoms with E-state index >= 15 is 0 Å². The Morgan fingerprint density at radius 2 is 1.64 bits per heavy atom. The van der Waals surface area contributed by atoms with Crippen LogP contribution in [0.5, 0.6) is 5.75 Å². The fraction of sp³-hybridized carbons (Fsp3) is 0. The van der Waals surface area contributed by atoms with Crippen molar-refractivity contribution in [3.8, 4) is 11.4 Å². The number of rotatable bonds is 3. The molecule has 2 N–H and O–H groups in total. The van der Waals surface area contributed by atoms with Gasteiger partial charge >= 0.3 is 6.03 Å². The van der Waals surface area contributed by atoms with Crippen LogP contribution in [-0.2, 0) is 9.59 Å². The molecule has 1 fully saturated rings. The first-order valence-corrected chi connectivity index (χ1v) is 8.33. The van der Waals surface area contributed by atoms with Crippen molar-refractivity contribution in [2.75, 3.05) is 4.90 Å². The number of anilines is 1. The topological polar surface area (TPSA) is 105 Å². The number of pyridine rings is 1. The number of barbiturate groups is 1. The van der Waals surface area contributed by atoms with E-state index in [1.807, 2.05) is 0 Å². The van der Waals surface area contributed by atoms with Gasteiger partial charge in [0.2, 0.25) is 0 Å². The van der Waals surface area contributed by atoms with E-state index in [1.54, 1.807) is 35.0 Å². The number of hydrogen-bond donors (Lipinski definition) is 2. The lowest BCUT2D eigenvalue weighted by Gasteiger charge is -2.26. The Morgan fingerprint density at radius 3 is 2.36 bits per heavy atom. The van der Waals surface area contributed by atoms with Crippen LogP contribution in [-0.4, -0.2) is 32.5 Å². The molecule has 138 valence electrons. The first-order valence-electron chi connectivity index (χ1n) is 8.33. The largest absolute Gasteiger partial charge is 0.508 e. The zero-order valence-electron chi connectivity index (χ0n) is 14.4. The summed E-state index contributed by atoms with van der Waals surface area (Å²) in [4.78, 5) is 42.1. The average Bonchev–Trinajstić information content (AvgIpc) is 3.15. The molecule has 8 nitrogen and oxygen atoms in total. The number of phenolic OH excluding ortho intramolecular Hbond substituents is 1. The second kappa shape index (κ2) is 6.84. The Morgan fingerprint density at radius 1 is 0.929 bits per heavy atom. The van der Waals surface area contributed by atoms with Crippen molar-refractivity contribution in [2.45, 2.75) is 0 Å².